The average Bonchev–Trinajstić information content (AvgIpc) is 2.74. The number of benzene rings is 1. The topological polar surface area (TPSA) is 29.9 Å². The molecule has 3 nitrogen and oxygen atoms in total. The van der Waals surface area contributed by atoms with Crippen LogP contribution < -0.4 is 5.32 Å². The molecule has 1 aliphatic heterocycles. The molecule has 2 heterocycles. The van der Waals surface area contributed by atoms with Crippen molar-refractivity contribution in [1.82, 2.24) is 14.9 Å². The molecule has 4 heteroatoms. The van der Waals surface area contributed by atoms with Crippen LogP contribution in [0, 0.1) is 0 Å². The molecule has 1 aromatic carbocycles. The Hall–Kier alpha value is -1.13. The Morgan fingerprint density at radius 1 is 1.31 bits per heavy atom. The van der Waals surface area contributed by atoms with Gasteiger partial charge in [0.05, 0.1) is 11.9 Å². The van der Waals surface area contributed by atoms with Crippen LogP contribution in [0.1, 0.15) is 5.69 Å². The van der Waals surface area contributed by atoms with Gasteiger partial charge in [0.25, 0.3) is 0 Å². The lowest BCUT2D eigenvalue weighted by atomic mass is 10.2. The highest BCUT2D eigenvalue weighted by Gasteiger charge is 2.15. The van der Waals surface area contributed by atoms with Crippen LogP contribution in [0.3, 0.4) is 0 Å². The summed E-state index contributed by atoms with van der Waals surface area (Å²) < 4.78 is 3.39. The Morgan fingerprint density at radius 2 is 2.19 bits per heavy atom. The van der Waals surface area contributed by atoms with Crippen molar-refractivity contribution in [2.24, 2.45) is 0 Å². The normalized spacial score (nSPS) is 14.8. The van der Waals surface area contributed by atoms with Crippen LogP contribution in [0.5, 0.6) is 0 Å². The summed E-state index contributed by atoms with van der Waals surface area (Å²) in [7, 11) is 0. The molecule has 0 saturated carbocycles. The summed E-state index contributed by atoms with van der Waals surface area (Å²) in [5, 5.41) is 3.35. The van der Waals surface area contributed by atoms with Gasteiger partial charge in [0, 0.05) is 29.7 Å². The number of halogens is 1. The number of nitrogens with zero attached hydrogens (tertiary/aromatic N) is 2. The molecule has 0 fully saturated rings. The van der Waals surface area contributed by atoms with E-state index in [4.69, 9.17) is 0 Å². The number of hydrogen-bond donors (Lipinski definition) is 1. The van der Waals surface area contributed by atoms with Gasteiger partial charge in [-0.25, -0.2) is 4.98 Å². The second-order valence-corrected chi connectivity index (χ2v) is 4.74. The molecule has 2 aromatic rings. The predicted octanol–water partition coefficient (Wildman–Crippen LogP) is 2.42. The molecule has 0 aliphatic carbocycles. The number of rotatable bonds is 1. The molecule has 0 amide bonds. The predicted molar refractivity (Wildman–Crippen MR) is 67.1 cm³/mol. The fourth-order valence-electron chi connectivity index (χ4n) is 2.07. The van der Waals surface area contributed by atoms with Gasteiger partial charge in [-0.3, -0.25) is 0 Å². The SMILES string of the molecule is Brc1ccccc1-c1ncc2n1CCNC2. The van der Waals surface area contributed by atoms with E-state index in [1.165, 1.54) is 5.69 Å². The first kappa shape index (κ1) is 10.1. The Bertz CT molecular complexity index is 519. The van der Waals surface area contributed by atoms with Crippen molar-refractivity contribution in [3.05, 3.63) is 40.6 Å². The Balaban J connectivity index is 2.13. The number of hydrogen-bond acceptors (Lipinski definition) is 2. The molecule has 0 radical (unpaired) electrons. The average molecular weight is 278 g/mol. The third-order valence-electron chi connectivity index (χ3n) is 2.87. The van der Waals surface area contributed by atoms with Crippen molar-refractivity contribution in [3.8, 4) is 11.4 Å². The highest BCUT2D eigenvalue weighted by molar-refractivity contribution is 9.10. The van der Waals surface area contributed by atoms with Gasteiger partial charge in [-0.2, -0.15) is 0 Å². The highest BCUT2D eigenvalue weighted by Crippen LogP contribution is 2.28. The second-order valence-electron chi connectivity index (χ2n) is 3.88. The minimum atomic E-state index is 0.914. The van der Waals surface area contributed by atoms with Gasteiger partial charge in [0.2, 0.25) is 0 Å². The van der Waals surface area contributed by atoms with Crippen molar-refractivity contribution in [1.29, 1.82) is 0 Å². The molecule has 82 valence electrons. The third-order valence-corrected chi connectivity index (χ3v) is 3.56. The molecule has 1 aliphatic rings. The Kier molecular flexibility index (Phi) is 2.53. The monoisotopic (exact) mass is 277 g/mol. The van der Waals surface area contributed by atoms with Crippen molar-refractivity contribution < 1.29 is 0 Å². The quantitative estimate of drug-likeness (QED) is 0.868. The summed E-state index contributed by atoms with van der Waals surface area (Å²) in [6, 6.07) is 8.22. The molecule has 0 spiro atoms. The summed E-state index contributed by atoms with van der Waals surface area (Å²) in [5.41, 5.74) is 2.42. The van der Waals surface area contributed by atoms with Crippen molar-refractivity contribution >= 4 is 15.9 Å². The first-order chi connectivity index (χ1) is 7.86. The summed E-state index contributed by atoms with van der Waals surface area (Å²) in [6.07, 6.45) is 1.96. The molecule has 0 unspecified atom stereocenters. The minimum Gasteiger partial charge on any atom is -0.326 e. The zero-order chi connectivity index (χ0) is 11.0. The first-order valence-corrected chi connectivity index (χ1v) is 6.15. The summed E-state index contributed by atoms with van der Waals surface area (Å²) in [6.45, 7) is 2.92. The van der Waals surface area contributed by atoms with E-state index in [0.29, 0.717) is 0 Å². The fourth-order valence-corrected chi connectivity index (χ4v) is 2.53. The lowest BCUT2D eigenvalue weighted by Crippen LogP contribution is -2.27. The summed E-state index contributed by atoms with van der Waals surface area (Å²) in [5.74, 6) is 1.06. The van der Waals surface area contributed by atoms with Crippen LogP contribution in [-0.4, -0.2) is 16.1 Å². The van der Waals surface area contributed by atoms with E-state index in [1.807, 2.05) is 18.3 Å². The van der Waals surface area contributed by atoms with Crippen LogP contribution >= 0.6 is 15.9 Å². The lowest BCUT2D eigenvalue weighted by Gasteiger charge is -2.18. The third kappa shape index (κ3) is 1.58. The van der Waals surface area contributed by atoms with Crippen LogP contribution in [0.2, 0.25) is 0 Å². The number of imidazole rings is 1. The van der Waals surface area contributed by atoms with Gasteiger partial charge in [0.15, 0.2) is 0 Å². The van der Waals surface area contributed by atoms with Crippen LogP contribution in [-0.2, 0) is 13.1 Å². The van der Waals surface area contributed by atoms with Crippen molar-refractivity contribution in [2.45, 2.75) is 13.1 Å². The molecule has 0 saturated heterocycles. The number of aromatic nitrogens is 2. The maximum Gasteiger partial charge on any atom is 0.141 e. The lowest BCUT2D eigenvalue weighted by molar-refractivity contribution is 0.519. The maximum absolute atomic E-state index is 4.52. The zero-order valence-electron chi connectivity index (χ0n) is 8.78. The summed E-state index contributed by atoms with van der Waals surface area (Å²) in [4.78, 5) is 4.52. The van der Waals surface area contributed by atoms with E-state index in [2.05, 4.69) is 42.9 Å². The zero-order valence-corrected chi connectivity index (χ0v) is 10.4. The largest absolute Gasteiger partial charge is 0.326 e. The van der Waals surface area contributed by atoms with Gasteiger partial charge >= 0.3 is 0 Å². The molecular weight excluding hydrogens is 266 g/mol. The van der Waals surface area contributed by atoms with Gasteiger partial charge in [-0.1, -0.05) is 34.1 Å². The standard InChI is InChI=1S/C12H12BrN3/c13-11-4-2-1-3-10(11)12-15-8-9-7-14-5-6-16(9)12/h1-4,8,14H,5-7H2. The fraction of sp³-hybridized carbons (Fsp3) is 0.250. The van der Waals surface area contributed by atoms with Crippen LogP contribution in [0.4, 0.5) is 0 Å². The van der Waals surface area contributed by atoms with Gasteiger partial charge in [-0.05, 0) is 6.07 Å². The number of fused-ring (bicyclic) bond motifs is 1. The Labute approximate surface area is 103 Å². The van der Waals surface area contributed by atoms with Crippen LogP contribution in [0.25, 0.3) is 11.4 Å². The van der Waals surface area contributed by atoms with Crippen molar-refractivity contribution in [2.75, 3.05) is 6.54 Å². The van der Waals surface area contributed by atoms with Gasteiger partial charge in [0.1, 0.15) is 5.82 Å². The van der Waals surface area contributed by atoms with E-state index in [-0.39, 0.29) is 0 Å². The molecular formula is C12H12BrN3. The van der Waals surface area contributed by atoms with E-state index < -0.39 is 0 Å². The van der Waals surface area contributed by atoms with Crippen LogP contribution in [0.15, 0.2) is 34.9 Å². The first-order valence-electron chi connectivity index (χ1n) is 5.36. The minimum absolute atomic E-state index is 0.914. The second kappa shape index (κ2) is 4.03. The molecule has 1 aromatic heterocycles. The van der Waals surface area contributed by atoms with E-state index in [1.54, 1.807) is 0 Å². The maximum atomic E-state index is 4.52. The van der Waals surface area contributed by atoms with E-state index >= 15 is 0 Å². The summed E-state index contributed by atoms with van der Waals surface area (Å²) >= 11 is 3.58. The van der Waals surface area contributed by atoms with Crippen molar-refractivity contribution in [3.63, 3.8) is 0 Å². The van der Waals surface area contributed by atoms with Gasteiger partial charge in [-0.15, -0.1) is 0 Å². The van der Waals surface area contributed by atoms with E-state index in [9.17, 15) is 0 Å². The molecule has 0 atom stereocenters. The molecule has 1 N–H and O–H groups in total. The number of nitrogens with one attached hydrogen (secondary N) is 1. The van der Waals surface area contributed by atoms with E-state index in [0.717, 1.165) is 35.5 Å². The molecule has 0 bridgehead atoms. The van der Waals surface area contributed by atoms with Gasteiger partial charge < -0.3 is 9.88 Å². The highest BCUT2D eigenvalue weighted by atomic mass is 79.9. The molecule has 16 heavy (non-hydrogen) atoms. The molecule has 3 rings (SSSR count). The Morgan fingerprint density at radius 3 is 3.06 bits per heavy atom. The smallest absolute Gasteiger partial charge is 0.141 e.